The highest BCUT2D eigenvalue weighted by atomic mass is 32.2. The average Bonchev–Trinajstić information content (AvgIpc) is 2.25. The standard InChI is InChI=1S/C12H27NOS/c1-4-8-13-11(2)7-5-6-9-15-12(3)10-14/h11-14H,4-10H2,1-3H3. The molecule has 15 heavy (non-hydrogen) atoms. The smallest absolute Gasteiger partial charge is 0.0547 e. The monoisotopic (exact) mass is 233 g/mol. The highest BCUT2D eigenvalue weighted by Gasteiger charge is 2.02. The molecule has 0 aliphatic heterocycles. The molecule has 0 aromatic carbocycles. The minimum absolute atomic E-state index is 0.305. The lowest BCUT2D eigenvalue weighted by molar-refractivity contribution is 0.300. The van der Waals surface area contributed by atoms with E-state index in [2.05, 4.69) is 26.1 Å². The maximum absolute atomic E-state index is 8.85. The van der Waals surface area contributed by atoms with Gasteiger partial charge in [0.25, 0.3) is 0 Å². The van der Waals surface area contributed by atoms with Gasteiger partial charge in [-0.3, -0.25) is 0 Å². The molecule has 2 nitrogen and oxygen atoms in total. The van der Waals surface area contributed by atoms with Crippen LogP contribution in [0.5, 0.6) is 0 Å². The first-order chi connectivity index (χ1) is 7.20. The molecule has 0 heterocycles. The van der Waals surface area contributed by atoms with Crippen LogP contribution in [0, 0.1) is 0 Å². The summed E-state index contributed by atoms with van der Waals surface area (Å²) in [5.74, 6) is 1.18. The molecule has 0 fully saturated rings. The molecule has 2 N–H and O–H groups in total. The molecule has 0 spiro atoms. The van der Waals surface area contributed by atoms with E-state index in [4.69, 9.17) is 5.11 Å². The Morgan fingerprint density at radius 3 is 2.60 bits per heavy atom. The Bertz CT molecular complexity index is 133. The summed E-state index contributed by atoms with van der Waals surface area (Å²) in [5, 5.41) is 12.7. The van der Waals surface area contributed by atoms with E-state index in [-0.39, 0.29) is 0 Å². The Morgan fingerprint density at radius 1 is 1.27 bits per heavy atom. The van der Waals surface area contributed by atoms with Crippen LogP contribution in [0.3, 0.4) is 0 Å². The number of aliphatic hydroxyl groups excluding tert-OH is 1. The summed E-state index contributed by atoms with van der Waals surface area (Å²) in [6.45, 7) is 7.98. The van der Waals surface area contributed by atoms with Crippen LogP contribution in [-0.4, -0.2) is 35.3 Å². The first kappa shape index (κ1) is 15.3. The molecule has 0 aromatic heterocycles. The summed E-state index contributed by atoms with van der Waals surface area (Å²) < 4.78 is 0. The third kappa shape index (κ3) is 10.6. The van der Waals surface area contributed by atoms with E-state index < -0.39 is 0 Å². The average molecular weight is 233 g/mol. The number of hydrogen-bond donors (Lipinski definition) is 2. The summed E-state index contributed by atoms with van der Waals surface area (Å²) >= 11 is 1.88. The Kier molecular flexibility index (Phi) is 11.0. The van der Waals surface area contributed by atoms with Gasteiger partial charge in [-0.05, 0) is 38.5 Å². The molecule has 0 aliphatic carbocycles. The maximum atomic E-state index is 8.85. The van der Waals surface area contributed by atoms with Crippen molar-refractivity contribution in [1.29, 1.82) is 0 Å². The number of hydrogen-bond acceptors (Lipinski definition) is 3. The van der Waals surface area contributed by atoms with Gasteiger partial charge < -0.3 is 10.4 Å². The van der Waals surface area contributed by atoms with E-state index in [0.717, 1.165) is 6.54 Å². The number of aliphatic hydroxyl groups is 1. The van der Waals surface area contributed by atoms with Crippen LogP contribution in [0.1, 0.15) is 46.5 Å². The van der Waals surface area contributed by atoms with Crippen molar-refractivity contribution in [3.05, 3.63) is 0 Å². The maximum Gasteiger partial charge on any atom is 0.0547 e. The second-order valence-corrected chi connectivity index (χ2v) is 5.76. The lowest BCUT2D eigenvalue weighted by Gasteiger charge is -2.13. The molecule has 0 radical (unpaired) electrons. The van der Waals surface area contributed by atoms with Crippen LogP contribution in [0.25, 0.3) is 0 Å². The zero-order valence-corrected chi connectivity index (χ0v) is 11.3. The Hall–Kier alpha value is 0.270. The summed E-state index contributed by atoms with van der Waals surface area (Å²) in [6, 6.07) is 0.658. The van der Waals surface area contributed by atoms with E-state index in [1.807, 2.05) is 11.8 Å². The fourth-order valence-electron chi connectivity index (χ4n) is 1.38. The van der Waals surface area contributed by atoms with Crippen molar-refractivity contribution >= 4 is 11.8 Å². The predicted molar refractivity (Wildman–Crippen MR) is 70.6 cm³/mol. The summed E-state index contributed by atoms with van der Waals surface area (Å²) in [7, 11) is 0. The van der Waals surface area contributed by atoms with Gasteiger partial charge in [0.15, 0.2) is 0 Å². The van der Waals surface area contributed by atoms with Crippen LogP contribution < -0.4 is 5.32 Å². The first-order valence-corrected chi connectivity index (χ1v) is 7.21. The van der Waals surface area contributed by atoms with Crippen molar-refractivity contribution < 1.29 is 5.11 Å². The lowest BCUT2D eigenvalue weighted by atomic mass is 10.1. The first-order valence-electron chi connectivity index (χ1n) is 6.16. The fourth-order valence-corrected chi connectivity index (χ4v) is 2.26. The molecular weight excluding hydrogens is 206 g/mol. The molecule has 0 amide bonds. The Morgan fingerprint density at radius 2 is 2.00 bits per heavy atom. The van der Waals surface area contributed by atoms with Crippen LogP contribution in [-0.2, 0) is 0 Å². The van der Waals surface area contributed by atoms with Crippen molar-refractivity contribution in [2.45, 2.75) is 57.7 Å². The molecule has 0 aliphatic rings. The predicted octanol–water partition coefficient (Wildman–Crippen LogP) is 2.66. The quantitative estimate of drug-likeness (QED) is 0.569. The minimum Gasteiger partial charge on any atom is -0.395 e. The van der Waals surface area contributed by atoms with E-state index in [1.165, 1.54) is 31.4 Å². The third-order valence-corrected chi connectivity index (χ3v) is 3.68. The van der Waals surface area contributed by atoms with Crippen LogP contribution in [0.4, 0.5) is 0 Å². The van der Waals surface area contributed by atoms with Crippen molar-refractivity contribution in [3.8, 4) is 0 Å². The molecule has 3 heteroatoms. The SMILES string of the molecule is CCCNC(C)CCCCSC(C)CO. The van der Waals surface area contributed by atoms with Crippen molar-refractivity contribution in [1.82, 2.24) is 5.32 Å². The molecule has 0 saturated carbocycles. The summed E-state index contributed by atoms with van der Waals surface area (Å²) in [6.07, 6.45) is 5.05. The molecule has 0 bridgehead atoms. The van der Waals surface area contributed by atoms with E-state index in [1.54, 1.807) is 0 Å². The fraction of sp³-hybridized carbons (Fsp3) is 1.00. The van der Waals surface area contributed by atoms with E-state index in [0.29, 0.717) is 17.9 Å². The van der Waals surface area contributed by atoms with E-state index >= 15 is 0 Å². The van der Waals surface area contributed by atoms with Gasteiger partial charge in [-0.15, -0.1) is 0 Å². The largest absolute Gasteiger partial charge is 0.395 e. The van der Waals surface area contributed by atoms with Crippen molar-refractivity contribution in [2.75, 3.05) is 18.9 Å². The van der Waals surface area contributed by atoms with Gasteiger partial charge in [0, 0.05) is 11.3 Å². The van der Waals surface area contributed by atoms with Gasteiger partial charge in [0.05, 0.1) is 6.61 Å². The lowest BCUT2D eigenvalue weighted by Crippen LogP contribution is -2.26. The Labute approximate surface area is 99.2 Å². The number of unbranched alkanes of at least 4 members (excludes halogenated alkanes) is 1. The van der Waals surface area contributed by atoms with E-state index in [9.17, 15) is 0 Å². The molecule has 2 atom stereocenters. The normalized spacial score (nSPS) is 15.2. The zero-order chi connectivity index (χ0) is 11.5. The molecule has 0 rings (SSSR count). The van der Waals surface area contributed by atoms with Gasteiger partial charge >= 0.3 is 0 Å². The zero-order valence-electron chi connectivity index (χ0n) is 10.5. The molecule has 0 saturated heterocycles. The molecule has 0 aromatic rings. The van der Waals surface area contributed by atoms with Crippen LogP contribution >= 0.6 is 11.8 Å². The van der Waals surface area contributed by atoms with Gasteiger partial charge in [0.2, 0.25) is 0 Å². The van der Waals surface area contributed by atoms with Gasteiger partial charge in [0.1, 0.15) is 0 Å². The van der Waals surface area contributed by atoms with Gasteiger partial charge in [-0.25, -0.2) is 0 Å². The second-order valence-electron chi connectivity index (χ2n) is 4.21. The summed E-state index contributed by atoms with van der Waals surface area (Å²) in [4.78, 5) is 0. The topological polar surface area (TPSA) is 32.3 Å². The van der Waals surface area contributed by atoms with Crippen molar-refractivity contribution in [3.63, 3.8) is 0 Å². The number of nitrogens with one attached hydrogen (secondary N) is 1. The molecule has 92 valence electrons. The minimum atomic E-state index is 0.305. The molecule has 2 unspecified atom stereocenters. The Balaban J connectivity index is 3.16. The summed E-state index contributed by atoms with van der Waals surface area (Å²) in [5.41, 5.74) is 0. The molecular formula is C12H27NOS. The highest BCUT2D eigenvalue weighted by molar-refractivity contribution is 7.99. The van der Waals surface area contributed by atoms with Gasteiger partial charge in [-0.1, -0.05) is 20.3 Å². The van der Waals surface area contributed by atoms with Crippen LogP contribution in [0.15, 0.2) is 0 Å². The van der Waals surface area contributed by atoms with Crippen molar-refractivity contribution in [2.24, 2.45) is 0 Å². The number of rotatable bonds is 10. The highest BCUT2D eigenvalue weighted by Crippen LogP contribution is 2.13. The van der Waals surface area contributed by atoms with Gasteiger partial charge in [-0.2, -0.15) is 11.8 Å². The number of thioether (sulfide) groups is 1. The second kappa shape index (κ2) is 10.8. The van der Waals surface area contributed by atoms with Crippen LogP contribution in [0.2, 0.25) is 0 Å². The third-order valence-electron chi connectivity index (χ3n) is 2.43.